The normalized spacial score (nSPS) is 39.8. The lowest BCUT2D eigenvalue weighted by Gasteiger charge is -2.38. The highest BCUT2D eigenvalue weighted by Gasteiger charge is 2.41. The topological polar surface area (TPSA) is 32.7 Å². The van der Waals surface area contributed by atoms with E-state index in [9.17, 15) is 5.11 Å². The molecule has 2 aliphatic heterocycles. The van der Waals surface area contributed by atoms with Crippen LogP contribution in [0.15, 0.2) is 0 Å². The average molecular weight is 267 g/mol. The van der Waals surface area contributed by atoms with E-state index in [1.165, 1.54) is 44.9 Å². The SMILES string of the molecule is CC1(O)CCCN(CC2CCC3(CCCCC3)O2)C1. The van der Waals surface area contributed by atoms with Gasteiger partial charge >= 0.3 is 0 Å². The summed E-state index contributed by atoms with van der Waals surface area (Å²) in [7, 11) is 0. The Balaban J connectivity index is 1.51. The van der Waals surface area contributed by atoms with Gasteiger partial charge in [-0.3, -0.25) is 4.90 Å². The van der Waals surface area contributed by atoms with Crippen LogP contribution in [-0.2, 0) is 4.74 Å². The molecule has 1 spiro atoms. The molecule has 2 atom stereocenters. The molecule has 0 aromatic carbocycles. The highest BCUT2D eigenvalue weighted by molar-refractivity contribution is 4.93. The second-order valence-corrected chi connectivity index (χ2v) is 7.36. The van der Waals surface area contributed by atoms with Crippen molar-refractivity contribution in [3.05, 3.63) is 0 Å². The number of ether oxygens (including phenoxy) is 1. The van der Waals surface area contributed by atoms with Gasteiger partial charge < -0.3 is 9.84 Å². The summed E-state index contributed by atoms with van der Waals surface area (Å²) in [4.78, 5) is 2.41. The summed E-state index contributed by atoms with van der Waals surface area (Å²) in [6.07, 6.45) is 11.6. The van der Waals surface area contributed by atoms with Gasteiger partial charge in [-0.2, -0.15) is 0 Å². The van der Waals surface area contributed by atoms with Crippen molar-refractivity contribution < 1.29 is 9.84 Å². The first-order valence-corrected chi connectivity index (χ1v) is 8.20. The lowest BCUT2D eigenvalue weighted by molar-refractivity contribution is -0.0838. The fourth-order valence-corrected chi connectivity index (χ4v) is 4.36. The quantitative estimate of drug-likeness (QED) is 0.835. The first kappa shape index (κ1) is 13.8. The van der Waals surface area contributed by atoms with E-state index in [0.717, 1.165) is 32.5 Å². The van der Waals surface area contributed by atoms with Crippen molar-refractivity contribution in [3.63, 3.8) is 0 Å². The highest BCUT2D eigenvalue weighted by atomic mass is 16.5. The molecule has 0 amide bonds. The van der Waals surface area contributed by atoms with Gasteiger partial charge in [0, 0.05) is 13.1 Å². The van der Waals surface area contributed by atoms with Gasteiger partial charge in [0.25, 0.3) is 0 Å². The first-order chi connectivity index (χ1) is 9.07. The molecule has 2 saturated heterocycles. The largest absolute Gasteiger partial charge is 0.389 e. The highest BCUT2D eigenvalue weighted by Crippen LogP contribution is 2.42. The monoisotopic (exact) mass is 267 g/mol. The zero-order valence-electron chi connectivity index (χ0n) is 12.4. The molecular formula is C16H29NO2. The molecule has 2 unspecified atom stereocenters. The lowest BCUT2D eigenvalue weighted by Crippen LogP contribution is -2.48. The van der Waals surface area contributed by atoms with Gasteiger partial charge in [-0.25, -0.2) is 0 Å². The Labute approximate surface area is 117 Å². The van der Waals surface area contributed by atoms with E-state index in [2.05, 4.69) is 4.90 Å². The Hall–Kier alpha value is -0.120. The standard InChI is InChI=1S/C16H29NO2/c1-15(18)7-5-11-17(13-15)12-14-6-10-16(19-14)8-3-2-4-9-16/h14,18H,2-13H2,1H3. The summed E-state index contributed by atoms with van der Waals surface area (Å²) in [5.74, 6) is 0. The van der Waals surface area contributed by atoms with Gasteiger partial charge in [-0.1, -0.05) is 19.3 Å². The summed E-state index contributed by atoms with van der Waals surface area (Å²) in [6, 6.07) is 0. The van der Waals surface area contributed by atoms with E-state index < -0.39 is 5.60 Å². The number of piperidine rings is 1. The minimum atomic E-state index is -0.487. The fraction of sp³-hybridized carbons (Fsp3) is 1.00. The molecule has 1 saturated carbocycles. The molecule has 1 aliphatic carbocycles. The van der Waals surface area contributed by atoms with Crippen molar-refractivity contribution in [2.75, 3.05) is 19.6 Å². The maximum absolute atomic E-state index is 10.2. The smallest absolute Gasteiger partial charge is 0.0746 e. The van der Waals surface area contributed by atoms with E-state index in [1.54, 1.807) is 0 Å². The van der Waals surface area contributed by atoms with Crippen LogP contribution in [-0.4, -0.2) is 46.9 Å². The average Bonchev–Trinajstić information content (AvgIpc) is 2.72. The first-order valence-electron chi connectivity index (χ1n) is 8.20. The number of hydrogen-bond acceptors (Lipinski definition) is 3. The molecular weight excluding hydrogens is 238 g/mol. The molecule has 1 N–H and O–H groups in total. The third-order valence-corrected chi connectivity index (χ3v) is 5.32. The van der Waals surface area contributed by atoms with Crippen LogP contribution in [0.5, 0.6) is 0 Å². The van der Waals surface area contributed by atoms with Gasteiger partial charge in [-0.05, 0) is 52.0 Å². The molecule has 3 heteroatoms. The van der Waals surface area contributed by atoms with Crippen LogP contribution in [0.2, 0.25) is 0 Å². The van der Waals surface area contributed by atoms with Crippen molar-refractivity contribution in [3.8, 4) is 0 Å². The van der Waals surface area contributed by atoms with Crippen molar-refractivity contribution in [1.82, 2.24) is 4.90 Å². The second kappa shape index (κ2) is 5.34. The zero-order valence-corrected chi connectivity index (χ0v) is 12.4. The zero-order chi connectivity index (χ0) is 13.3. The Morgan fingerprint density at radius 1 is 1.11 bits per heavy atom. The van der Waals surface area contributed by atoms with Gasteiger partial charge in [0.15, 0.2) is 0 Å². The Morgan fingerprint density at radius 3 is 2.63 bits per heavy atom. The predicted molar refractivity (Wildman–Crippen MR) is 76.2 cm³/mol. The van der Waals surface area contributed by atoms with E-state index in [4.69, 9.17) is 4.74 Å². The minimum absolute atomic E-state index is 0.237. The Kier molecular flexibility index (Phi) is 3.89. The molecule has 3 aliphatic rings. The maximum atomic E-state index is 10.2. The Morgan fingerprint density at radius 2 is 1.89 bits per heavy atom. The van der Waals surface area contributed by atoms with Crippen molar-refractivity contribution in [2.45, 2.75) is 82.0 Å². The van der Waals surface area contributed by atoms with Crippen LogP contribution >= 0.6 is 0 Å². The lowest BCUT2D eigenvalue weighted by atomic mass is 9.83. The van der Waals surface area contributed by atoms with Crippen LogP contribution in [0.3, 0.4) is 0 Å². The van der Waals surface area contributed by atoms with Crippen LogP contribution in [0.1, 0.15) is 64.7 Å². The minimum Gasteiger partial charge on any atom is -0.389 e. The second-order valence-electron chi connectivity index (χ2n) is 7.36. The van der Waals surface area contributed by atoms with Crippen molar-refractivity contribution in [2.24, 2.45) is 0 Å². The predicted octanol–water partition coefficient (Wildman–Crippen LogP) is 2.72. The molecule has 0 bridgehead atoms. The van der Waals surface area contributed by atoms with Crippen molar-refractivity contribution >= 4 is 0 Å². The summed E-state index contributed by atoms with van der Waals surface area (Å²) < 4.78 is 6.44. The summed E-state index contributed by atoms with van der Waals surface area (Å²) >= 11 is 0. The molecule has 19 heavy (non-hydrogen) atoms. The van der Waals surface area contributed by atoms with Crippen LogP contribution in [0.25, 0.3) is 0 Å². The number of likely N-dealkylation sites (tertiary alicyclic amines) is 1. The molecule has 0 aromatic heterocycles. The van der Waals surface area contributed by atoms with Gasteiger partial charge in [-0.15, -0.1) is 0 Å². The van der Waals surface area contributed by atoms with Crippen LogP contribution in [0, 0.1) is 0 Å². The molecule has 3 fully saturated rings. The van der Waals surface area contributed by atoms with E-state index in [0.29, 0.717) is 6.10 Å². The fourth-order valence-electron chi connectivity index (χ4n) is 4.36. The van der Waals surface area contributed by atoms with Crippen LogP contribution < -0.4 is 0 Å². The van der Waals surface area contributed by atoms with Gasteiger partial charge in [0.2, 0.25) is 0 Å². The third kappa shape index (κ3) is 3.32. The summed E-state index contributed by atoms with van der Waals surface area (Å²) in [6.45, 7) is 4.94. The summed E-state index contributed by atoms with van der Waals surface area (Å²) in [5, 5.41) is 10.2. The number of rotatable bonds is 2. The van der Waals surface area contributed by atoms with Crippen molar-refractivity contribution in [1.29, 1.82) is 0 Å². The number of nitrogens with zero attached hydrogens (tertiary/aromatic N) is 1. The number of hydrogen-bond donors (Lipinski definition) is 1. The van der Waals surface area contributed by atoms with E-state index >= 15 is 0 Å². The summed E-state index contributed by atoms with van der Waals surface area (Å²) in [5.41, 5.74) is -0.249. The molecule has 3 rings (SSSR count). The maximum Gasteiger partial charge on any atom is 0.0746 e. The van der Waals surface area contributed by atoms with E-state index in [1.807, 2.05) is 6.92 Å². The van der Waals surface area contributed by atoms with E-state index in [-0.39, 0.29) is 5.60 Å². The van der Waals surface area contributed by atoms with Crippen LogP contribution in [0.4, 0.5) is 0 Å². The molecule has 0 radical (unpaired) electrons. The number of β-amino-alcohol motifs (C(OH)–C–C–N with tert-alkyl or cyclic N) is 1. The third-order valence-electron chi connectivity index (χ3n) is 5.32. The Bertz CT molecular complexity index is 310. The number of aliphatic hydroxyl groups is 1. The van der Waals surface area contributed by atoms with Gasteiger partial charge in [0.05, 0.1) is 17.3 Å². The molecule has 110 valence electrons. The molecule has 2 heterocycles. The van der Waals surface area contributed by atoms with Gasteiger partial charge in [0.1, 0.15) is 0 Å². The molecule has 0 aromatic rings. The molecule has 3 nitrogen and oxygen atoms in total.